The molecule has 5 nitrogen and oxygen atoms in total. The maximum Gasteiger partial charge on any atom is 0.387 e. The quantitative estimate of drug-likeness (QED) is 0.605. The van der Waals surface area contributed by atoms with Crippen molar-refractivity contribution in [2.45, 2.75) is 6.61 Å². The Labute approximate surface area is 101 Å². The average molecular weight is 255 g/mol. The van der Waals surface area contributed by atoms with Crippen molar-refractivity contribution in [3.63, 3.8) is 0 Å². The van der Waals surface area contributed by atoms with Crippen LogP contribution in [0.5, 0.6) is 5.75 Å². The standard InChI is InChI=1S/C11H7F2NO4/c1-17-10(16)8-2-7(5-15)6(4-14)3-9(8)18-11(12)13/h2-3,5,11H,1H3. The Hall–Kier alpha value is -2.49. The molecule has 0 saturated heterocycles. The fourth-order valence-corrected chi connectivity index (χ4v) is 1.25. The second-order valence-corrected chi connectivity index (χ2v) is 3.04. The lowest BCUT2D eigenvalue weighted by molar-refractivity contribution is -0.0504. The van der Waals surface area contributed by atoms with E-state index < -0.39 is 18.3 Å². The molecule has 0 atom stereocenters. The van der Waals surface area contributed by atoms with Crippen LogP contribution in [0.1, 0.15) is 26.3 Å². The second-order valence-electron chi connectivity index (χ2n) is 3.04. The number of halogens is 2. The van der Waals surface area contributed by atoms with Crippen LogP contribution in [-0.4, -0.2) is 26.0 Å². The number of alkyl halides is 2. The maximum atomic E-state index is 12.2. The number of nitriles is 1. The van der Waals surface area contributed by atoms with Crippen LogP contribution in [-0.2, 0) is 4.74 Å². The molecular formula is C11H7F2NO4. The normalized spacial score (nSPS) is 9.72. The van der Waals surface area contributed by atoms with Gasteiger partial charge in [-0.3, -0.25) is 4.79 Å². The molecule has 0 aromatic heterocycles. The van der Waals surface area contributed by atoms with Crippen LogP contribution in [0, 0.1) is 11.3 Å². The third-order valence-corrected chi connectivity index (χ3v) is 2.02. The van der Waals surface area contributed by atoms with Gasteiger partial charge in [0.05, 0.1) is 12.7 Å². The van der Waals surface area contributed by atoms with Gasteiger partial charge in [-0.15, -0.1) is 0 Å². The maximum absolute atomic E-state index is 12.2. The summed E-state index contributed by atoms with van der Waals surface area (Å²) in [5.41, 5.74) is -0.633. The van der Waals surface area contributed by atoms with E-state index in [9.17, 15) is 18.4 Å². The van der Waals surface area contributed by atoms with Crippen molar-refractivity contribution in [1.82, 2.24) is 0 Å². The van der Waals surface area contributed by atoms with Gasteiger partial charge < -0.3 is 9.47 Å². The fourth-order valence-electron chi connectivity index (χ4n) is 1.25. The predicted molar refractivity (Wildman–Crippen MR) is 54.5 cm³/mol. The Morgan fingerprint density at radius 2 is 2.17 bits per heavy atom. The Balaban J connectivity index is 3.41. The van der Waals surface area contributed by atoms with Crippen LogP contribution in [0.25, 0.3) is 0 Å². The highest BCUT2D eigenvalue weighted by Crippen LogP contribution is 2.25. The van der Waals surface area contributed by atoms with E-state index in [0.29, 0.717) is 6.29 Å². The number of carbonyl (C=O) groups excluding carboxylic acids is 2. The molecule has 0 fully saturated rings. The number of esters is 1. The van der Waals surface area contributed by atoms with Crippen molar-refractivity contribution in [3.8, 4) is 11.8 Å². The van der Waals surface area contributed by atoms with Crippen LogP contribution < -0.4 is 4.74 Å². The molecule has 0 aliphatic carbocycles. The summed E-state index contributed by atoms with van der Waals surface area (Å²) in [6.45, 7) is -3.16. The molecule has 18 heavy (non-hydrogen) atoms. The predicted octanol–water partition coefficient (Wildman–Crippen LogP) is 1.76. The van der Waals surface area contributed by atoms with Gasteiger partial charge in [0.2, 0.25) is 0 Å². The molecule has 1 rings (SSSR count). The minimum atomic E-state index is -3.16. The number of rotatable bonds is 4. The van der Waals surface area contributed by atoms with E-state index in [1.807, 2.05) is 0 Å². The van der Waals surface area contributed by atoms with Gasteiger partial charge in [-0.1, -0.05) is 0 Å². The number of carbonyl (C=O) groups is 2. The molecule has 0 aliphatic rings. The van der Waals surface area contributed by atoms with E-state index in [2.05, 4.69) is 9.47 Å². The summed E-state index contributed by atoms with van der Waals surface area (Å²) in [5, 5.41) is 8.73. The molecule has 0 amide bonds. The molecule has 0 saturated carbocycles. The number of methoxy groups -OCH3 is 1. The first-order valence-electron chi connectivity index (χ1n) is 4.60. The van der Waals surface area contributed by atoms with Gasteiger partial charge in [0.15, 0.2) is 6.29 Å². The fraction of sp³-hybridized carbons (Fsp3) is 0.182. The van der Waals surface area contributed by atoms with E-state index in [0.717, 1.165) is 19.2 Å². The molecule has 0 N–H and O–H groups in total. The first kappa shape index (κ1) is 13.6. The lowest BCUT2D eigenvalue weighted by Gasteiger charge is -2.10. The topological polar surface area (TPSA) is 76.4 Å². The zero-order valence-electron chi connectivity index (χ0n) is 9.15. The lowest BCUT2D eigenvalue weighted by atomic mass is 10.0. The van der Waals surface area contributed by atoms with Crippen LogP contribution in [0.4, 0.5) is 8.78 Å². The minimum absolute atomic E-state index is 0.112. The van der Waals surface area contributed by atoms with Crippen LogP contribution >= 0.6 is 0 Å². The average Bonchev–Trinajstić information content (AvgIpc) is 2.36. The monoisotopic (exact) mass is 255 g/mol. The van der Waals surface area contributed by atoms with Gasteiger partial charge in [0, 0.05) is 5.56 Å². The number of ether oxygens (including phenoxy) is 2. The largest absolute Gasteiger partial charge is 0.465 e. The molecule has 0 aliphatic heterocycles. The number of hydrogen-bond acceptors (Lipinski definition) is 5. The molecule has 0 unspecified atom stereocenters. The van der Waals surface area contributed by atoms with E-state index in [1.165, 1.54) is 0 Å². The van der Waals surface area contributed by atoms with E-state index in [1.54, 1.807) is 6.07 Å². The molecular weight excluding hydrogens is 248 g/mol. The summed E-state index contributed by atoms with van der Waals surface area (Å²) >= 11 is 0. The van der Waals surface area contributed by atoms with E-state index >= 15 is 0 Å². The highest BCUT2D eigenvalue weighted by atomic mass is 19.3. The van der Waals surface area contributed by atoms with Crippen LogP contribution in [0.2, 0.25) is 0 Å². The highest BCUT2D eigenvalue weighted by molar-refractivity contribution is 5.95. The number of hydrogen-bond donors (Lipinski definition) is 0. The van der Waals surface area contributed by atoms with E-state index in [4.69, 9.17) is 5.26 Å². The van der Waals surface area contributed by atoms with Crippen molar-refractivity contribution in [2.24, 2.45) is 0 Å². The van der Waals surface area contributed by atoms with Crippen LogP contribution in [0.15, 0.2) is 12.1 Å². The Morgan fingerprint density at radius 1 is 1.50 bits per heavy atom. The SMILES string of the molecule is COC(=O)c1cc(C=O)c(C#N)cc1OC(F)F. The van der Waals surface area contributed by atoms with Gasteiger partial charge in [-0.05, 0) is 12.1 Å². The van der Waals surface area contributed by atoms with Gasteiger partial charge in [0.25, 0.3) is 0 Å². The summed E-state index contributed by atoms with van der Waals surface area (Å²) in [6.07, 6.45) is 0.331. The summed E-state index contributed by atoms with van der Waals surface area (Å²) < 4.78 is 32.8. The van der Waals surface area contributed by atoms with Crippen LogP contribution in [0.3, 0.4) is 0 Å². The van der Waals surface area contributed by atoms with Gasteiger partial charge in [-0.2, -0.15) is 14.0 Å². The molecule has 0 heterocycles. The first-order valence-corrected chi connectivity index (χ1v) is 4.60. The van der Waals surface area contributed by atoms with Gasteiger partial charge >= 0.3 is 12.6 Å². The molecule has 0 spiro atoms. The lowest BCUT2D eigenvalue weighted by Crippen LogP contribution is -2.10. The first-order chi connectivity index (χ1) is 8.53. The Kier molecular flexibility index (Phi) is 4.32. The Morgan fingerprint density at radius 3 is 2.61 bits per heavy atom. The number of nitrogens with zero attached hydrogens (tertiary/aromatic N) is 1. The smallest absolute Gasteiger partial charge is 0.387 e. The van der Waals surface area contributed by atoms with Crippen molar-refractivity contribution >= 4 is 12.3 Å². The third kappa shape index (κ3) is 2.79. The number of aldehydes is 1. The summed E-state index contributed by atoms with van der Waals surface area (Å²) in [5.74, 6) is -1.46. The minimum Gasteiger partial charge on any atom is -0.465 e. The van der Waals surface area contributed by atoms with Crippen molar-refractivity contribution in [3.05, 3.63) is 28.8 Å². The zero-order chi connectivity index (χ0) is 13.7. The third-order valence-electron chi connectivity index (χ3n) is 2.02. The van der Waals surface area contributed by atoms with Crippen molar-refractivity contribution in [1.29, 1.82) is 5.26 Å². The van der Waals surface area contributed by atoms with Gasteiger partial charge in [-0.25, -0.2) is 4.79 Å². The second kappa shape index (κ2) is 5.72. The molecule has 1 aromatic carbocycles. The van der Waals surface area contributed by atoms with E-state index in [-0.39, 0.29) is 16.7 Å². The van der Waals surface area contributed by atoms with Crippen molar-refractivity contribution in [2.75, 3.05) is 7.11 Å². The molecule has 7 heteroatoms. The summed E-state index contributed by atoms with van der Waals surface area (Å²) in [6, 6.07) is 3.49. The molecule has 94 valence electrons. The molecule has 0 bridgehead atoms. The number of benzene rings is 1. The zero-order valence-corrected chi connectivity index (χ0v) is 9.15. The highest BCUT2D eigenvalue weighted by Gasteiger charge is 2.19. The summed E-state index contributed by atoms with van der Waals surface area (Å²) in [7, 11) is 1.05. The molecule has 1 aromatic rings. The summed E-state index contributed by atoms with van der Waals surface area (Å²) in [4.78, 5) is 22.0. The molecule has 0 radical (unpaired) electrons. The Bertz CT molecular complexity index is 523. The van der Waals surface area contributed by atoms with Crippen molar-refractivity contribution < 1.29 is 27.8 Å². The van der Waals surface area contributed by atoms with Gasteiger partial charge in [0.1, 0.15) is 17.4 Å².